The summed E-state index contributed by atoms with van der Waals surface area (Å²) in [7, 11) is 1.90. The molecule has 0 saturated carbocycles. The van der Waals surface area contributed by atoms with Crippen LogP contribution in [0, 0.1) is 11.3 Å². The van der Waals surface area contributed by atoms with Crippen molar-refractivity contribution in [3.05, 3.63) is 71.9 Å². The minimum Gasteiger partial charge on any atom is -0.354 e. The molecule has 0 atom stereocenters. The second-order valence-corrected chi connectivity index (χ2v) is 8.48. The molecule has 0 radical (unpaired) electrons. The van der Waals surface area contributed by atoms with Gasteiger partial charge in [0, 0.05) is 48.7 Å². The van der Waals surface area contributed by atoms with Crippen molar-refractivity contribution < 1.29 is 4.79 Å². The molecule has 3 heterocycles. The molecule has 1 amide bonds. The number of carbonyl (C=O) groups excluding carboxylic acids is 1. The predicted octanol–water partition coefficient (Wildman–Crippen LogP) is 3.92. The first kappa shape index (κ1) is 24.2. The number of aryl methyl sites for hydroxylation is 1. The minimum atomic E-state index is -0.116. The molecule has 0 unspecified atom stereocenters. The highest BCUT2D eigenvalue weighted by atomic mass is 35.5. The van der Waals surface area contributed by atoms with E-state index in [1.165, 1.54) is 0 Å². The van der Waals surface area contributed by atoms with Crippen LogP contribution in [0.15, 0.2) is 60.8 Å². The molecule has 0 bridgehead atoms. The van der Waals surface area contributed by atoms with E-state index in [4.69, 9.17) is 5.26 Å². The topological polar surface area (TPSA) is 99.7 Å². The van der Waals surface area contributed by atoms with Gasteiger partial charge in [0.1, 0.15) is 5.69 Å². The average molecular weight is 488 g/mol. The van der Waals surface area contributed by atoms with Crippen LogP contribution < -0.4 is 10.2 Å². The number of nitriles is 1. The molecule has 1 fully saturated rings. The Morgan fingerprint density at radius 1 is 1.06 bits per heavy atom. The lowest BCUT2D eigenvalue weighted by Crippen LogP contribution is -2.45. The first-order valence-corrected chi connectivity index (χ1v) is 11.4. The normalized spacial score (nSPS) is 13.8. The molecular formula is C26H26ClN7O. The van der Waals surface area contributed by atoms with Crippen LogP contribution in [0.1, 0.15) is 28.8 Å². The van der Waals surface area contributed by atoms with Gasteiger partial charge in [-0.2, -0.15) is 10.4 Å². The summed E-state index contributed by atoms with van der Waals surface area (Å²) in [5.74, 6) is 0.751. The number of amides is 1. The van der Waals surface area contributed by atoms with Crippen molar-refractivity contribution in [2.45, 2.75) is 25.3 Å². The maximum atomic E-state index is 12.8. The standard InChI is InChI=1S/C26H25N7O.ClH/c1-32-23(11-15-28-32)24-21-8-4-5-9-22(21)25(31-30-24)33-16-12-19(13-17-33)29-26(34)20-7-3-2-6-18(20)10-14-27;/h2-9,11,15,19H,10,12-13,16-17H2,1H3,(H,29,34);1H. The third-order valence-electron chi connectivity index (χ3n) is 6.39. The van der Waals surface area contributed by atoms with Crippen LogP contribution in [0.25, 0.3) is 22.2 Å². The third-order valence-corrected chi connectivity index (χ3v) is 6.39. The van der Waals surface area contributed by atoms with E-state index in [0.717, 1.165) is 59.5 Å². The molecule has 35 heavy (non-hydrogen) atoms. The molecule has 0 spiro atoms. The van der Waals surface area contributed by atoms with E-state index in [1.54, 1.807) is 16.9 Å². The summed E-state index contributed by atoms with van der Waals surface area (Å²) in [4.78, 5) is 15.1. The van der Waals surface area contributed by atoms with Gasteiger partial charge in [0.25, 0.3) is 5.91 Å². The number of hydrogen-bond donors (Lipinski definition) is 1. The number of carbonyl (C=O) groups is 1. The van der Waals surface area contributed by atoms with E-state index in [-0.39, 0.29) is 30.8 Å². The highest BCUT2D eigenvalue weighted by Crippen LogP contribution is 2.32. The summed E-state index contributed by atoms with van der Waals surface area (Å²) in [6, 6.07) is 19.6. The molecule has 4 aromatic rings. The maximum absolute atomic E-state index is 12.8. The van der Waals surface area contributed by atoms with Crippen molar-refractivity contribution in [1.82, 2.24) is 25.3 Å². The molecule has 0 aliphatic carbocycles. The van der Waals surface area contributed by atoms with Gasteiger partial charge in [0.05, 0.1) is 18.2 Å². The van der Waals surface area contributed by atoms with Crippen LogP contribution in [0.4, 0.5) is 5.82 Å². The number of hydrogen-bond acceptors (Lipinski definition) is 6. The fourth-order valence-corrected chi connectivity index (χ4v) is 4.60. The second kappa shape index (κ2) is 10.5. The largest absolute Gasteiger partial charge is 0.354 e. The summed E-state index contributed by atoms with van der Waals surface area (Å²) < 4.78 is 1.80. The van der Waals surface area contributed by atoms with Crippen molar-refractivity contribution >= 4 is 34.9 Å². The smallest absolute Gasteiger partial charge is 0.251 e. The molecule has 1 saturated heterocycles. The lowest BCUT2D eigenvalue weighted by Gasteiger charge is -2.33. The lowest BCUT2D eigenvalue weighted by atomic mass is 10.0. The van der Waals surface area contributed by atoms with Gasteiger partial charge in [-0.25, -0.2) is 0 Å². The lowest BCUT2D eigenvalue weighted by molar-refractivity contribution is 0.0930. The zero-order chi connectivity index (χ0) is 23.5. The van der Waals surface area contributed by atoms with E-state index >= 15 is 0 Å². The van der Waals surface area contributed by atoms with Crippen molar-refractivity contribution in [3.63, 3.8) is 0 Å². The third kappa shape index (κ3) is 4.81. The van der Waals surface area contributed by atoms with E-state index in [9.17, 15) is 4.79 Å². The predicted molar refractivity (Wildman–Crippen MR) is 137 cm³/mol. The maximum Gasteiger partial charge on any atom is 0.251 e. The summed E-state index contributed by atoms with van der Waals surface area (Å²) in [6.45, 7) is 1.54. The molecule has 8 nitrogen and oxygen atoms in total. The number of nitrogens with zero attached hydrogens (tertiary/aromatic N) is 6. The summed E-state index contributed by atoms with van der Waals surface area (Å²) in [5, 5.41) is 27.7. The van der Waals surface area contributed by atoms with E-state index in [2.05, 4.69) is 43.7 Å². The number of rotatable bonds is 5. The monoisotopic (exact) mass is 487 g/mol. The average Bonchev–Trinajstić information content (AvgIpc) is 3.30. The van der Waals surface area contributed by atoms with Crippen LogP contribution >= 0.6 is 12.4 Å². The fraction of sp³-hybridized carbons (Fsp3) is 0.269. The van der Waals surface area contributed by atoms with Gasteiger partial charge in [-0.05, 0) is 30.5 Å². The highest BCUT2D eigenvalue weighted by molar-refractivity contribution is 6.00. The van der Waals surface area contributed by atoms with Gasteiger partial charge >= 0.3 is 0 Å². The van der Waals surface area contributed by atoms with Gasteiger partial charge < -0.3 is 10.2 Å². The Kier molecular flexibility index (Phi) is 7.28. The Balaban J connectivity index is 0.00000289. The van der Waals surface area contributed by atoms with Gasteiger partial charge in [0.2, 0.25) is 0 Å². The zero-order valence-corrected chi connectivity index (χ0v) is 20.2. The Morgan fingerprint density at radius 2 is 1.77 bits per heavy atom. The number of aromatic nitrogens is 4. The van der Waals surface area contributed by atoms with Crippen molar-refractivity contribution in [2.24, 2.45) is 7.05 Å². The quantitative estimate of drug-likeness (QED) is 0.458. The number of benzene rings is 2. The molecule has 1 aliphatic rings. The van der Waals surface area contributed by atoms with Crippen LogP contribution in [0.3, 0.4) is 0 Å². The second-order valence-electron chi connectivity index (χ2n) is 8.48. The number of halogens is 1. The Bertz CT molecular complexity index is 1390. The van der Waals surface area contributed by atoms with Crippen LogP contribution in [-0.4, -0.2) is 45.0 Å². The molecule has 1 N–H and O–H groups in total. The van der Waals surface area contributed by atoms with Crippen LogP contribution in [0.5, 0.6) is 0 Å². The first-order chi connectivity index (χ1) is 16.7. The number of fused-ring (bicyclic) bond motifs is 1. The van der Waals surface area contributed by atoms with Gasteiger partial charge in [-0.15, -0.1) is 22.6 Å². The van der Waals surface area contributed by atoms with Gasteiger partial charge in [-0.1, -0.05) is 42.5 Å². The number of nitrogens with one attached hydrogen (secondary N) is 1. The molecule has 2 aromatic heterocycles. The van der Waals surface area contributed by atoms with Crippen molar-refractivity contribution in [2.75, 3.05) is 18.0 Å². The highest BCUT2D eigenvalue weighted by Gasteiger charge is 2.25. The minimum absolute atomic E-state index is 0. The fourth-order valence-electron chi connectivity index (χ4n) is 4.60. The van der Waals surface area contributed by atoms with Crippen molar-refractivity contribution in [1.29, 1.82) is 5.26 Å². The van der Waals surface area contributed by atoms with E-state index < -0.39 is 0 Å². The number of anilines is 1. The summed E-state index contributed by atoms with van der Waals surface area (Å²) in [5.41, 5.74) is 3.08. The molecule has 178 valence electrons. The Labute approximate surface area is 210 Å². The van der Waals surface area contributed by atoms with Crippen molar-refractivity contribution in [3.8, 4) is 17.5 Å². The summed E-state index contributed by atoms with van der Waals surface area (Å²) in [6.07, 6.45) is 3.61. The van der Waals surface area contributed by atoms with Crippen LogP contribution in [-0.2, 0) is 13.5 Å². The first-order valence-electron chi connectivity index (χ1n) is 11.4. The van der Waals surface area contributed by atoms with Gasteiger partial charge in [-0.3, -0.25) is 9.48 Å². The summed E-state index contributed by atoms with van der Waals surface area (Å²) >= 11 is 0. The molecule has 9 heteroatoms. The Hall–Kier alpha value is -3.96. The number of piperidine rings is 1. The molecule has 2 aromatic carbocycles. The van der Waals surface area contributed by atoms with E-state index in [1.807, 2.05) is 43.4 Å². The Morgan fingerprint density at radius 3 is 2.49 bits per heavy atom. The molecule has 5 rings (SSSR count). The van der Waals surface area contributed by atoms with E-state index in [0.29, 0.717) is 5.56 Å². The zero-order valence-electron chi connectivity index (χ0n) is 19.4. The van der Waals surface area contributed by atoms with Crippen LogP contribution in [0.2, 0.25) is 0 Å². The van der Waals surface area contributed by atoms with Gasteiger partial charge in [0.15, 0.2) is 5.82 Å². The molecular weight excluding hydrogens is 462 g/mol. The SMILES string of the molecule is Cl.Cn1nccc1-c1nnc(N2CCC(NC(=O)c3ccccc3CC#N)CC2)c2ccccc12. The molecule has 1 aliphatic heterocycles.